The van der Waals surface area contributed by atoms with Gasteiger partial charge in [-0.3, -0.25) is 9.59 Å². The molecule has 0 unspecified atom stereocenters. The number of amides is 2. The van der Waals surface area contributed by atoms with Crippen LogP contribution in [0.5, 0.6) is 5.75 Å². The molecule has 1 saturated carbocycles. The lowest BCUT2D eigenvalue weighted by Gasteiger charge is -2.32. The quantitative estimate of drug-likeness (QED) is 0.352. The number of hydrogen-bond acceptors (Lipinski definition) is 3. The fraction of sp³-hybridized carbons (Fsp3) is 0.462. The lowest BCUT2D eigenvalue weighted by atomic mass is 10.1. The third-order valence-corrected chi connectivity index (χ3v) is 7.56. The molecular weight excluding hydrogens is 539 g/mol. The van der Waals surface area contributed by atoms with Crippen LogP contribution in [0.2, 0.25) is 10.0 Å². The smallest absolute Gasteiger partial charge is 0.261 e. The van der Waals surface area contributed by atoms with Crippen LogP contribution in [0.25, 0.3) is 0 Å². The minimum absolute atomic E-state index is 0.118. The Morgan fingerprint density at radius 1 is 1.15 bits per heavy atom. The van der Waals surface area contributed by atoms with E-state index in [1.807, 2.05) is 25.1 Å². The van der Waals surface area contributed by atoms with Gasteiger partial charge in [0.1, 0.15) is 11.8 Å². The first-order valence-electron chi connectivity index (χ1n) is 11.8. The van der Waals surface area contributed by atoms with Crippen molar-refractivity contribution in [2.45, 2.75) is 71.0 Å². The summed E-state index contributed by atoms with van der Waals surface area (Å²) in [6.07, 6.45) is 5.52. The number of ether oxygens (including phenoxy) is 1. The molecule has 2 aromatic carbocycles. The predicted octanol–water partition coefficient (Wildman–Crippen LogP) is 6.56. The Morgan fingerprint density at radius 2 is 1.82 bits per heavy atom. The molecule has 0 saturated heterocycles. The molecule has 1 aliphatic carbocycles. The van der Waals surface area contributed by atoms with E-state index in [-0.39, 0.29) is 31.0 Å². The molecule has 34 heavy (non-hydrogen) atoms. The molecule has 184 valence electrons. The van der Waals surface area contributed by atoms with Gasteiger partial charge in [0.05, 0.1) is 4.47 Å². The van der Waals surface area contributed by atoms with Crippen molar-refractivity contribution < 1.29 is 14.3 Å². The highest BCUT2D eigenvalue weighted by molar-refractivity contribution is 9.10. The molecule has 0 aromatic heterocycles. The second-order valence-electron chi connectivity index (χ2n) is 8.54. The summed E-state index contributed by atoms with van der Waals surface area (Å²) in [6, 6.07) is 10.5. The minimum Gasteiger partial charge on any atom is -0.483 e. The summed E-state index contributed by atoms with van der Waals surface area (Å²) in [5.74, 6) is 0.111. The number of nitrogens with one attached hydrogen (secondary N) is 1. The molecule has 0 aliphatic heterocycles. The van der Waals surface area contributed by atoms with Gasteiger partial charge < -0.3 is 15.0 Å². The molecule has 2 aromatic rings. The third kappa shape index (κ3) is 6.89. The number of hydrogen-bond donors (Lipinski definition) is 1. The topological polar surface area (TPSA) is 58.6 Å². The first-order valence-corrected chi connectivity index (χ1v) is 13.3. The molecule has 1 fully saturated rings. The summed E-state index contributed by atoms with van der Waals surface area (Å²) < 4.78 is 6.63. The van der Waals surface area contributed by atoms with E-state index in [4.69, 9.17) is 27.9 Å². The molecule has 0 radical (unpaired) electrons. The van der Waals surface area contributed by atoms with Gasteiger partial charge in [-0.1, -0.05) is 62.0 Å². The number of rotatable bonds is 10. The number of aryl methyl sites for hydroxylation is 1. The van der Waals surface area contributed by atoms with Gasteiger partial charge in [-0.15, -0.1) is 0 Å². The molecular formula is C26H31BrCl2N2O3. The van der Waals surface area contributed by atoms with Crippen LogP contribution in [0.15, 0.2) is 40.9 Å². The third-order valence-electron chi connectivity index (χ3n) is 6.23. The molecule has 0 bridgehead atoms. The molecule has 1 aliphatic rings. The fourth-order valence-electron chi connectivity index (χ4n) is 4.24. The average Bonchev–Trinajstić information content (AvgIpc) is 3.32. The van der Waals surface area contributed by atoms with Crippen LogP contribution in [-0.4, -0.2) is 35.4 Å². The van der Waals surface area contributed by atoms with Gasteiger partial charge in [0.25, 0.3) is 5.91 Å². The largest absolute Gasteiger partial charge is 0.483 e. The van der Waals surface area contributed by atoms with Gasteiger partial charge in [-0.25, -0.2) is 0 Å². The zero-order chi connectivity index (χ0) is 24.7. The van der Waals surface area contributed by atoms with E-state index in [1.165, 1.54) is 4.90 Å². The number of nitrogens with zero attached hydrogens (tertiary/aromatic N) is 1. The van der Waals surface area contributed by atoms with Crippen molar-refractivity contribution in [2.75, 3.05) is 6.61 Å². The molecule has 2 amide bonds. The Hall–Kier alpha value is -1.76. The molecule has 3 rings (SSSR count). The maximum Gasteiger partial charge on any atom is 0.261 e. The standard InChI is InChI=1S/C26H31BrCl2N2O3/c1-3-17-12-13-24(20(27)14-17)34-16-25(32)31(15-19-21(28)10-7-11-22(19)29)23(4-2)26(33)30-18-8-5-6-9-18/h7,10-14,18,23H,3-6,8-9,15-16H2,1-2H3,(H,30,33)/t23-/m0/s1. The van der Waals surface area contributed by atoms with Crippen molar-refractivity contribution >= 4 is 50.9 Å². The van der Waals surface area contributed by atoms with Crippen LogP contribution in [-0.2, 0) is 22.6 Å². The fourth-order valence-corrected chi connectivity index (χ4v) is 5.30. The summed E-state index contributed by atoms with van der Waals surface area (Å²) in [6.45, 7) is 3.88. The first-order chi connectivity index (χ1) is 16.3. The van der Waals surface area contributed by atoms with Crippen LogP contribution in [0.3, 0.4) is 0 Å². The summed E-state index contributed by atoms with van der Waals surface area (Å²) in [5, 5.41) is 4.04. The molecule has 0 heterocycles. The molecule has 1 N–H and O–H groups in total. The summed E-state index contributed by atoms with van der Waals surface area (Å²) in [5.41, 5.74) is 1.77. The highest BCUT2D eigenvalue weighted by atomic mass is 79.9. The summed E-state index contributed by atoms with van der Waals surface area (Å²) in [4.78, 5) is 28.2. The van der Waals surface area contributed by atoms with Crippen molar-refractivity contribution in [3.63, 3.8) is 0 Å². The van der Waals surface area contributed by atoms with E-state index in [1.54, 1.807) is 18.2 Å². The maximum absolute atomic E-state index is 13.4. The zero-order valence-electron chi connectivity index (χ0n) is 19.6. The lowest BCUT2D eigenvalue weighted by molar-refractivity contribution is -0.143. The van der Waals surface area contributed by atoms with Gasteiger partial charge in [-0.05, 0) is 71.4 Å². The van der Waals surface area contributed by atoms with E-state index in [9.17, 15) is 9.59 Å². The predicted molar refractivity (Wildman–Crippen MR) is 141 cm³/mol. The second kappa shape index (κ2) is 12.8. The average molecular weight is 570 g/mol. The highest BCUT2D eigenvalue weighted by Gasteiger charge is 2.31. The first kappa shape index (κ1) is 26.8. The molecule has 1 atom stereocenters. The Bertz CT molecular complexity index is 991. The van der Waals surface area contributed by atoms with Gasteiger partial charge in [-0.2, -0.15) is 0 Å². The Labute approximate surface area is 220 Å². The van der Waals surface area contributed by atoms with Gasteiger partial charge in [0, 0.05) is 28.2 Å². The molecule has 8 heteroatoms. The SMILES string of the molecule is CCc1ccc(OCC(=O)N(Cc2c(Cl)cccc2Cl)[C@@H](CC)C(=O)NC2CCCC2)c(Br)c1. The van der Waals surface area contributed by atoms with Crippen molar-refractivity contribution in [2.24, 2.45) is 0 Å². The van der Waals surface area contributed by atoms with Crippen molar-refractivity contribution in [1.29, 1.82) is 0 Å². The van der Waals surface area contributed by atoms with Crippen LogP contribution >= 0.6 is 39.1 Å². The van der Waals surface area contributed by atoms with Crippen LogP contribution in [0, 0.1) is 0 Å². The lowest BCUT2D eigenvalue weighted by Crippen LogP contribution is -2.52. The maximum atomic E-state index is 13.4. The van der Waals surface area contributed by atoms with Crippen LogP contribution in [0.4, 0.5) is 0 Å². The van der Waals surface area contributed by atoms with E-state index in [0.29, 0.717) is 27.8 Å². The second-order valence-corrected chi connectivity index (χ2v) is 10.2. The Morgan fingerprint density at radius 3 is 2.41 bits per heavy atom. The monoisotopic (exact) mass is 568 g/mol. The zero-order valence-corrected chi connectivity index (χ0v) is 22.7. The van der Waals surface area contributed by atoms with E-state index >= 15 is 0 Å². The number of benzene rings is 2. The number of carbonyl (C=O) groups is 2. The van der Waals surface area contributed by atoms with E-state index in [0.717, 1.165) is 42.1 Å². The van der Waals surface area contributed by atoms with Gasteiger partial charge >= 0.3 is 0 Å². The minimum atomic E-state index is -0.657. The summed E-state index contributed by atoms with van der Waals surface area (Å²) >= 11 is 16.3. The number of halogens is 3. The van der Waals surface area contributed by atoms with Crippen molar-refractivity contribution in [3.05, 3.63) is 62.0 Å². The Kier molecular flexibility index (Phi) is 10.1. The summed E-state index contributed by atoms with van der Waals surface area (Å²) in [7, 11) is 0. The van der Waals surface area contributed by atoms with Gasteiger partial charge in [0.15, 0.2) is 6.61 Å². The van der Waals surface area contributed by atoms with E-state index in [2.05, 4.69) is 28.2 Å². The normalized spacial score (nSPS) is 14.6. The van der Waals surface area contributed by atoms with Crippen molar-refractivity contribution in [3.8, 4) is 5.75 Å². The molecule has 0 spiro atoms. The number of carbonyl (C=O) groups excluding carboxylic acids is 2. The Balaban J connectivity index is 1.82. The van der Waals surface area contributed by atoms with E-state index < -0.39 is 6.04 Å². The van der Waals surface area contributed by atoms with Gasteiger partial charge in [0.2, 0.25) is 5.91 Å². The van der Waals surface area contributed by atoms with Crippen LogP contribution < -0.4 is 10.1 Å². The highest BCUT2D eigenvalue weighted by Crippen LogP contribution is 2.29. The van der Waals surface area contributed by atoms with Crippen molar-refractivity contribution in [1.82, 2.24) is 10.2 Å². The molecule has 5 nitrogen and oxygen atoms in total. The van der Waals surface area contributed by atoms with Crippen LogP contribution in [0.1, 0.15) is 57.1 Å².